The van der Waals surface area contributed by atoms with Crippen LogP contribution >= 0.6 is 11.5 Å². The first-order valence-electron chi connectivity index (χ1n) is 5.93. The third-order valence-electron chi connectivity index (χ3n) is 3.53. The van der Waals surface area contributed by atoms with E-state index in [4.69, 9.17) is 0 Å². The second kappa shape index (κ2) is 5.02. The standard InChI is InChI=1S/C13H18N4S/c1-8-6-9(2)11(4)12(10(8)3)7-17(5)13-14-15-16-18-13/h6H,7H2,1-5H3. The Morgan fingerprint density at radius 3 is 2.22 bits per heavy atom. The number of anilines is 1. The van der Waals surface area contributed by atoms with Gasteiger partial charge in [-0.25, -0.2) is 0 Å². The zero-order chi connectivity index (χ0) is 13.3. The van der Waals surface area contributed by atoms with Gasteiger partial charge in [-0.3, -0.25) is 0 Å². The van der Waals surface area contributed by atoms with Gasteiger partial charge in [-0.2, -0.15) is 0 Å². The first kappa shape index (κ1) is 13.0. The van der Waals surface area contributed by atoms with Gasteiger partial charge in [-0.1, -0.05) is 15.7 Å². The Kier molecular flexibility index (Phi) is 3.61. The highest BCUT2D eigenvalue weighted by atomic mass is 32.1. The molecule has 18 heavy (non-hydrogen) atoms. The normalized spacial score (nSPS) is 10.7. The summed E-state index contributed by atoms with van der Waals surface area (Å²) >= 11 is 1.32. The van der Waals surface area contributed by atoms with Crippen molar-refractivity contribution in [3.63, 3.8) is 0 Å². The van der Waals surface area contributed by atoms with Gasteiger partial charge in [-0.15, -0.1) is 0 Å². The molecule has 2 rings (SSSR count). The summed E-state index contributed by atoms with van der Waals surface area (Å²) in [7, 11) is 2.03. The van der Waals surface area contributed by atoms with Crippen LogP contribution in [-0.2, 0) is 6.54 Å². The zero-order valence-corrected chi connectivity index (χ0v) is 12.3. The van der Waals surface area contributed by atoms with Crippen molar-refractivity contribution in [1.29, 1.82) is 0 Å². The minimum absolute atomic E-state index is 0.844. The van der Waals surface area contributed by atoms with Crippen molar-refractivity contribution in [1.82, 2.24) is 14.8 Å². The lowest BCUT2D eigenvalue weighted by Gasteiger charge is -2.20. The molecule has 1 aromatic heterocycles. The molecule has 4 nitrogen and oxygen atoms in total. The maximum Gasteiger partial charge on any atom is 0.227 e. The van der Waals surface area contributed by atoms with Gasteiger partial charge >= 0.3 is 0 Å². The van der Waals surface area contributed by atoms with Crippen LogP contribution in [-0.4, -0.2) is 21.8 Å². The van der Waals surface area contributed by atoms with Gasteiger partial charge in [0.1, 0.15) is 0 Å². The summed E-state index contributed by atoms with van der Waals surface area (Å²) < 4.78 is 3.80. The third kappa shape index (κ3) is 2.36. The van der Waals surface area contributed by atoms with Gasteiger partial charge in [0.2, 0.25) is 5.13 Å². The summed E-state index contributed by atoms with van der Waals surface area (Å²) in [6, 6.07) is 2.25. The van der Waals surface area contributed by atoms with Gasteiger partial charge < -0.3 is 4.90 Å². The fourth-order valence-corrected chi connectivity index (χ4v) is 2.54. The summed E-state index contributed by atoms with van der Waals surface area (Å²) in [5.41, 5.74) is 6.80. The Hall–Kier alpha value is -1.49. The Morgan fingerprint density at radius 2 is 1.72 bits per heavy atom. The monoisotopic (exact) mass is 262 g/mol. The van der Waals surface area contributed by atoms with Gasteiger partial charge in [0.05, 0.1) is 0 Å². The minimum Gasteiger partial charge on any atom is -0.344 e. The van der Waals surface area contributed by atoms with Crippen molar-refractivity contribution in [2.24, 2.45) is 0 Å². The Labute approximate surface area is 112 Å². The summed E-state index contributed by atoms with van der Waals surface area (Å²) in [6.45, 7) is 9.54. The molecule has 0 amide bonds. The average Bonchev–Trinajstić information content (AvgIpc) is 2.85. The van der Waals surface area contributed by atoms with Gasteiger partial charge in [0.15, 0.2) is 0 Å². The van der Waals surface area contributed by atoms with Crippen LogP contribution in [0.3, 0.4) is 0 Å². The lowest BCUT2D eigenvalue weighted by atomic mass is 9.94. The largest absolute Gasteiger partial charge is 0.344 e. The molecule has 0 spiro atoms. The van der Waals surface area contributed by atoms with Crippen LogP contribution in [0.2, 0.25) is 0 Å². The van der Waals surface area contributed by atoms with Crippen molar-refractivity contribution in [2.75, 3.05) is 11.9 Å². The molecule has 1 aromatic carbocycles. The molecule has 0 aliphatic rings. The molecule has 5 heteroatoms. The molecule has 0 bridgehead atoms. The fraction of sp³-hybridized carbons (Fsp3) is 0.462. The number of benzene rings is 1. The molecule has 0 atom stereocenters. The van der Waals surface area contributed by atoms with Crippen LogP contribution in [0, 0.1) is 27.7 Å². The van der Waals surface area contributed by atoms with Crippen molar-refractivity contribution in [2.45, 2.75) is 34.2 Å². The lowest BCUT2D eigenvalue weighted by Crippen LogP contribution is -2.18. The maximum absolute atomic E-state index is 4.00. The molecular formula is C13H18N4S. The summed E-state index contributed by atoms with van der Waals surface area (Å²) in [5.74, 6) is 0. The van der Waals surface area contributed by atoms with Gasteiger partial charge in [0, 0.05) is 25.1 Å². The average molecular weight is 262 g/mol. The molecule has 96 valence electrons. The van der Waals surface area contributed by atoms with Gasteiger partial charge in [-0.05, 0) is 60.7 Å². The van der Waals surface area contributed by atoms with Crippen LogP contribution in [0.4, 0.5) is 5.13 Å². The highest BCUT2D eigenvalue weighted by Crippen LogP contribution is 2.24. The van der Waals surface area contributed by atoms with Crippen molar-refractivity contribution in [3.05, 3.63) is 33.9 Å². The van der Waals surface area contributed by atoms with E-state index in [2.05, 4.69) is 53.5 Å². The Bertz CT molecular complexity index is 522. The lowest BCUT2D eigenvalue weighted by molar-refractivity contribution is 0.861. The van der Waals surface area contributed by atoms with Crippen molar-refractivity contribution >= 4 is 16.7 Å². The molecule has 0 fully saturated rings. The summed E-state index contributed by atoms with van der Waals surface area (Å²) in [5, 5.41) is 8.50. The highest BCUT2D eigenvalue weighted by molar-refractivity contribution is 7.09. The van der Waals surface area contributed by atoms with E-state index in [9.17, 15) is 0 Å². The predicted octanol–water partition coefficient (Wildman–Crippen LogP) is 2.80. The van der Waals surface area contributed by atoms with Crippen molar-refractivity contribution in [3.8, 4) is 0 Å². The third-order valence-corrected chi connectivity index (χ3v) is 4.24. The quantitative estimate of drug-likeness (QED) is 0.853. The van der Waals surface area contributed by atoms with Crippen LogP contribution in [0.25, 0.3) is 0 Å². The molecule has 0 radical (unpaired) electrons. The van der Waals surface area contributed by atoms with E-state index >= 15 is 0 Å². The van der Waals surface area contributed by atoms with E-state index in [0.29, 0.717) is 0 Å². The molecule has 0 aliphatic carbocycles. The number of aryl methyl sites for hydroxylation is 2. The predicted molar refractivity (Wildman–Crippen MR) is 75.2 cm³/mol. The van der Waals surface area contributed by atoms with Crippen LogP contribution in [0.1, 0.15) is 27.8 Å². The molecule has 0 aliphatic heterocycles. The molecular weight excluding hydrogens is 244 g/mol. The number of rotatable bonds is 3. The summed E-state index contributed by atoms with van der Waals surface area (Å²) in [6.07, 6.45) is 0. The van der Waals surface area contributed by atoms with Gasteiger partial charge in [0.25, 0.3) is 0 Å². The smallest absolute Gasteiger partial charge is 0.227 e. The zero-order valence-electron chi connectivity index (χ0n) is 11.5. The highest BCUT2D eigenvalue weighted by Gasteiger charge is 2.12. The van der Waals surface area contributed by atoms with Crippen molar-refractivity contribution < 1.29 is 0 Å². The molecule has 0 unspecified atom stereocenters. The van der Waals surface area contributed by atoms with E-state index in [1.165, 1.54) is 39.3 Å². The second-order valence-corrected chi connectivity index (χ2v) is 5.45. The number of hydrogen-bond acceptors (Lipinski definition) is 5. The molecule has 0 saturated carbocycles. The Morgan fingerprint density at radius 1 is 1.11 bits per heavy atom. The molecule has 0 saturated heterocycles. The number of hydrogen-bond donors (Lipinski definition) is 0. The number of aromatic nitrogens is 3. The molecule has 2 aromatic rings. The van der Waals surface area contributed by atoms with Crippen LogP contribution < -0.4 is 4.90 Å². The van der Waals surface area contributed by atoms with E-state index in [0.717, 1.165) is 11.7 Å². The second-order valence-electron chi connectivity index (χ2n) is 4.74. The number of nitrogens with zero attached hydrogens (tertiary/aromatic N) is 4. The van der Waals surface area contributed by atoms with E-state index in [1.807, 2.05) is 7.05 Å². The first-order chi connectivity index (χ1) is 8.50. The maximum atomic E-state index is 4.00. The van der Waals surface area contributed by atoms with E-state index < -0.39 is 0 Å². The van der Waals surface area contributed by atoms with Crippen LogP contribution in [0.15, 0.2) is 6.07 Å². The fourth-order valence-electron chi connectivity index (χ4n) is 2.12. The first-order valence-corrected chi connectivity index (χ1v) is 6.70. The Balaban J connectivity index is 2.34. The minimum atomic E-state index is 0.844. The summed E-state index contributed by atoms with van der Waals surface area (Å²) in [4.78, 5) is 2.10. The van der Waals surface area contributed by atoms with E-state index in [1.54, 1.807) is 0 Å². The van der Waals surface area contributed by atoms with E-state index in [-0.39, 0.29) is 0 Å². The molecule has 0 N–H and O–H groups in total. The topological polar surface area (TPSA) is 41.9 Å². The SMILES string of the molecule is Cc1cc(C)c(C)c(CN(C)c2nnns2)c1C. The molecule has 1 heterocycles. The van der Waals surface area contributed by atoms with Crippen LogP contribution in [0.5, 0.6) is 0 Å².